The minimum absolute atomic E-state index is 0.00168. The summed E-state index contributed by atoms with van der Waals surface area (Å²) in [5.74, 6) is 5.90. The third-order valence-corrected chi connectivity index (χ3v) is 2.71. The largest absolute Gasteiger partial charge is 0.374 e. The molecule has 0 atom stereocenters. The first-order valence-electron chi connectivity index (χ1n) is 5.49. The molecule has 0 aliphatic heterocycles. The SMILES string of the molecule is Cc1cc(Br)c(F)cc1NCC#CC(C)(C)C. The number of halogens is 2. The Bertz CT molecular complexity index is 464. The van der Waals surface area contributed by atoms with Gasteiger partial charge in [-0.05, 0) is 61.3 Å². The van der Waals surface area contributed by atoms with Gasteiger partial charge < -0.3 is 5.32 Å². The average Bonchev–Trinajstić information content (AvgIpc) is 2.18. The molecule has 1 rings (SSSR count). The highest BCUT2D eigenvalue weighted by Gasteiger charge is 2.05. The Morgan fingerprint density at radius 1 is 1.35 bits per heavy atom. The van der Waals surface area contributed by atoms with Crippen LogP contribution >= 0.6 is 15.9 Å². The van der Waals surface area contributed by atoms with Crippen LogP contribution in [0.5, 0.6) is 0 Å². The zero-order valence-corrected chi connectivity index (χ0v) is 12.2. The fourth-order valence-corrected chi connectivity index (χ4v) is 1.74. The monoisotopic (exact) mass is 297 g/mol. The predicted octanol–water partition coefficient (Wildman–Crippen LogP) is 4.36. The first-order valence-corrected chi connectivity index (χ1v) is 6.28. The summed E-state index contributed by atoms with van der Waals surface area (Å²) >= 11 is 3.16. The van der Waals surface area contributed by atoms with E-state index in [0.29, 0.717) is 11.0 Å². The number of hydrogen-bond acceptors (Lipinski definition) is 1. The zero-order valence-electron chi connectivity index (χ0n) is 10.6. The van der Waals surface area contributed by atoms with Gasteiger partial charge in [-0.1, -0.05) is 11.8 Å². The van der Waals surface area contributed by atoms with Crippen molar-refractivity contribution in [2.45, 2.75) is 27.7 Å². The highest BCUT2D eigenvalue weighted by molar-refractivity contribution is 9.10. The Morgan fingerprint density at radius 3 is 2.59 bits per heavy atom. The molecule has 3 heteroatoms. The van der Waals surface area contributed by atoms with Gasteiger partial charge in [0.2, 0.25) is 0 Å². The Hall–Kier alpha value is -1.01. The Morgan fingerprint density at radius 2 is 2.00 bits per heavy atom. The van der Waals surface area contributed by atoms with E-state index >= 15 is 0 Å². The van der Waals surface area contributed by atoms with E-state index in [0.717, 1.165) is 11.3 Å². The maximum absolute atomic E-state index is 13.3. The van der Waals surface area contributed by atoms with E-state index in [4.69, 9.17) is 0 Å². The summed E-state index contributed by atoms with van der Waals surface area (Å²) in [4.78, 5) is 0. The lowest BCUT2D eigenvalue weighted by Crippen LogP contribution is -2.04. The van der Waals surface area contributed by atoms with Gasteiger partial charge in [-0.2, -0.15) is 0 Å². The summed E-state index contributed by atoms with van der Waals surface area (Å²) in [7, 11) is 0. The maximum atomic E-state index is 13.3. The second-order valence-corrected chi connectivity index (χ2v) is 5.84. The van der Waals surface area contributed by atoms with Gasteiger partial charge in [0.15, 0.2) is 0 Å². The van der Waals surface area contributed by atoms with Crippen molar-refractivity contribution in [3.05, 3.63) is 28.0 Å². The number of benzene rings is 1. The second-order valence-electron chi connectivity index (χ2n) is 4.99. The number of hydrogen-bond donors (Lipinski definition) is 1. The van der Waals surface area contributed by atoms with Crippen molar-refractivity contribution in [3.8, 4) is 11.8 Å². The molecule has 0 aromatic heterocycles. The molecule has 0 aliphatic carbocycles. The lowest BCUT2D eigenvalue weighted by atomic mass is 9.98. The molecular weight excluding hydrogens is 281 g/mol. The van der Waals surface area contributed by atoms with Crippen molar-refractivity contribution >= 4 is 21.6 Å². The maximum Gasteiger partial charge on any atom is 0.139 e. The van der Waals surface area contributed by atoms with E-state index in [1.165, 1.54) is 6.07 Å². The molecule has 0 fully saturated rings. The Balaban J connectivity index is 2.70. The van der Waals surface area contributed by atoms with E-state index in [9.17, 15) is 4.39 Å². The van der Waals surface area contributed by atoms with Gasteiger partial charge in [0.05, 0.1) is 11.0 Å². The molecule has 0 heterocycles. The van der Waals surface area contributed by atoms with Crippen LogP contribution in [0.1, 0.15) is 26.3 Å². The molecular formula is C14H17BrFN. The third-order valence-electron chi connectivity index (χ3n) is 2.10. The molecule has 1 aromatic rings. The quantitative estimate of drug-likeness (QED) is 0.800. The lowest BCUT2D eigenvalue weighted by molar-refractivity contribution is 0.570. The van der Waals surface area contributed by atoms with E-state index in [1.54, 1.807) is 6.07 Å². The van der Waals surface area contributed by atoms with Gasteiger partial charge in [-0.15, -0.1) is 0 Å². The Kier molecular flexibility index (Phi) is 4.59. The fourth-order valence-electron chi connectivity index (χ4n) is 1.29. The van der Waals surface area contributed by atoms with E-state index in [-0.39, 0.29) is 11.2 Å². The van der Waals surface area contributed by atoms with Crippen molar-refractivity contribution in [1.82, 2.24) is 0 Å². The van der Waals surface area contributed by atoms with Crippen LogP contribution < -0.4 is 5.32 Å². The van der Waals surface area contributed by atoms with Crippen LogP contribution in [0.2, 0.25) is 0 Å². The summed E-state index contributed by atoms with van der Waals surface area (Å²) in [6, 6.07) is 3.24. The van der Waals surface area contributed by atoms with E-state index in [2.05, 4.69) is 53.9 Å². The van der Waals surface area contributed by atoms with Crippen LogP contribution in [-0.4, -0.2) is 6.54 Å². The van der Waals surface area contributed by atoms with Crippen LogP contribution in [0.4, 0.5) is 10.1 Å². The molecule has 0 saturated carbocycles. The molecule has 0 saturated heterocycles. The number of anilines is 1. The summed E-state index contributed by atoms with van der Waals surface area (Å²) in [5.41, 5.74) is 1.78. The summed E-state index contributed by atoms with van der Waals surface area (Å²) in [6.45, 7) is 8.64. The molecule has 0 radical (unpaired) electrons. The Labute approximate surface area is 111 Å². The standard InChI is InChI=1S/C14H17BrFN/c1-10-8-11(15)12(16)9-13(10)17-7-5-6-14(2,3)4/h8-9,17H,7H2,1-4H3. The van der Waals surface area contributed by atoms with Crippen molar-refractivity contribution < 1.29 is 4.39 Å². The summed E-state index contributed by atoms with van der Waals surface area (Å²) in [5, 5.41) is 3.12. The van der Waals surface area contributed by atoms with Gasteiger partial charge in [-0.25, -0.2) is 4.39 Å². The van der Waals surface area contributed by atoms with Crippen molar-refractivity contribution in [2.24, 2.45) is 5.41 Å². The van der Waals surface area contributed by atoms with Gasteiger partial charge in [0, 0.05) is 11.1 Å². The van der Waals surface area contributed by atoms with Crippen LogP contribution in [0.25, 0.3) is 0 Å². The van der Waals surface area contributed by atoms with E-state index < -0.39 is 0 Å². The minimum Gasteiger partial charge on any atom is -0.374 e. The van der Waals surface area contributed by atoms with Gasteiger partial charge in [0.25, 0.3) is 0 Å². The van der Waals surface area contributed by atoms with Crippen LogP contribution in [-0.2, 0) is 0 Å². The smallest absolute Gasteiger partial charge is 0.139 e. The van der Waals surface area contributed by atoms with E-state index in [1.807, 2.05) is 6.92 Å². The molecule has 0 amide bonds. The summed E-state index contributed by atoms with van der Waals surface area (Å²) in [6.07, 6.45) is 0. The molecule has 0 bridgehead atoms. The molecule has 0 aliphatic rings. The average molecular weight is 298 g/mol. The molecule has 1 aromatic carbocycles. The first-order chi connectivity index (χ1) is 7.79. The minimum atomic E-state index is -0.262. The van der Waals surface area contributed by atoms with Crippen LogP contribution in [0.3, 0.4) is 0 Å². The van der Waals surface area contributed by atoms with Gasteiger partial charge in [-0.3, -0.25) is 0 Å². The number of rotatable bonds is 2. The molecule has 17 heavy (non-hydrogen) atoms. The van der Waals surface area contributed by atoms with Crippen molar-refractivity contribution in [2.75, 3.05) is 11.9 Å². The fraction of sp³-hybridized carbons (Fsp3) is 0.429. The van der Waals surface area contributed by atoms with Gasteiger partial charge in [0.1, 0.15) is 5.82 Å². The predicted molar refractivity (Wildman–Crippen MR) is 74.6 cm³/mol. The zero-order chi connectivity index (χ0) is 13.1. The van der Waals surface area contributed by atoms with Crippen LogP contribution in [0.15, 0.2) is 16.6 Å². The molecule has 0 spiro atoms. The highest BCUT2D eigenvalue weighted by atomic mass is 79.9. The normalized spacial score (nSPS) is 10.7. The van der Waals surface area contributed by atoms with Crippen LogP contribution in [0, 0.1) is 30.0 Å². The summed E-state index contributed by atoms with van der Waals surface area (Å²) < 4.78 is 13.8. The van der Waals surface area contributed by atoms with Crippen molar-refractivity contribution in [3.63, 3.8) is 0 Å². The first kappa shape index (κ1) is 14.1. The topological polar surface area (TPSA) is 12.0 Å². The molecule has 1 nitrogen and oxygen atoms in total. The van der Waals surface area contributed by atoms with Gasteiger partial charge >= 0.3 is 0 Å². The highest BCUT2D eigenvalue weighted by Crippen LogP contribution is 2.23. The molecule has 1 N–H and O–H groups in total. The second kappa shape index (κ2) is 5.55. The molecule has 0 unspecified atom stereocenters. The number of aryl methyl sites for hydroxylation is 1. The molecule has 92 valence electrons. The number of nitrogens with one attached hydrogen (secondary N) is 1. The van der Waals surface area contributed by atoms with Crippen molar-refractivity contribution in [1.29, 1.82) is 0 Å². The third kappa shape index (κ3) is 4.79. The lowest BCUT2D eigenvalue weighted by Gasteiger charge is -2.09.